The van der Waals surface area contributed by atoms with Gasteiger partial charge >= 0.3 is 6.18 Å². The number of rotatable bonds is 2. The number of piperazine rings is 1. The lowest BCUT2D eigenvalue weighted by Crippen LogP contribution is -2.49. The Kier molecular flexibility index (Phi) is 8.35. The minimum absolute atomic E-state index is 0. The third-order valence-electron chi connectivity index (χ3n) is 3.10. The Labute approximate surface area is 141 Å². The zero-order valence-corrected chi connectivity index (χ0v) is 14.1. The van der Waals surface area contributed by atoms with Crippen LogP contribution in [0.5, 0.6) is 5.75 Å². The zero-order chi connectivity index (χ0) is 14.0. The van der Waals surface area contributed by atoms with E-state index in [1.807, 2.05) is 0 Å². The van der Waals surface area contributed by atoms with Crippen LogP contribution in [0.4, 0.5) is 13.2 Å². The van der Waals surface area contributed by atoms with E-state index in [1.165, 1.54) is 23.1 Å². The highest BCUT2D eigenvalue weighted by atomic mass is 79.9. The summed E-state index contributed by atoms with van der Waals surface area (Å²) in [5, 5.41) is 12.5. The Morgan fingerprint density at radius 2 is 1.76 bits per heavy atom. The van der Waals surface area contributed by atoms with Crippen LogP contribution < -0.4 is 5.32 Å². The van der Waals surface area contributed by atoms with E-state index in [-0.39, 0.29) is 36.1 Å². The normalized spacial score (nSPS) is 17.5. The van der Waals surface area contributed by atoms with Gasteiger partial charge in [-0.3, -0.25) is 4.90 Å². The van der Waals surface area contributed by atoms with Crippen LogP contribution in [0, 0.1) is 0 Å². The van der Waals surface area contributed by atoms with E-state index in [4.69, 9.17) is 0 Å². The Morgan fingerprint density at radius 1 is 1.19 bits per heavy atom. The molecule has 1 aliphatic heterocycles. The predicted octanol–water partition coefficient (Wildman–Crippen LogP) is 3.51. The maximum atomic E-state index is 13.3. The quantitative estimate of drug-likeness (QED) is 0.781. The summed E-state index contributed by atoms with van der Waals surface area (Å²) in [5.41, 5.74) is 0.0504. The number of nitrogens with one attached hydrogen (secondary N) is 1. The molecule has 1 heterocycles. The lowest BCUT2D eigenvalue weighted by Gasteiger charge is -2.36. The van der Waals surface area contributed by atoms with Crippen LogP contribution >= 0.6 is 40.7 Å². The molecule has 1 fully saturated rings. The maximum Gasteiger partial charge on any atom is 0.408 e. The highest BCUT2D eigenvalue weighted by molar-refractivity contribution is 9.10. The minimum Gasteiger partial charge on any atom is -0.508 e. The smallest absolute Gasteiger partial charge is 0.408 e. The number of phenolic OH excluding ortho intramolecular Hbond substituents is 1. The molecule has 0 unspecified atom stereocenters. The second kappa shape index (κ2) is 8.43. The molecule has 0 radical (unpaired) electrons. The number of hydrogen-bond acceptors (Lipinski definition) is 3. The highest BCUT2D eigenvalue weighted by Crippen LogP contribution is 2.41. The number of nitrogens with zero attached hydrogens (tertiary/aromatic N) is 1. The van der Waals surface area contributed by atoms with Gasteiger partial charge in [-0.1, -0.05) is 15.9 Å². The van der Waals surface area contributed by atoms with Gasteiger partial charge in [0.1, 0.15) is 11.8 Å². The van der Waals surface area contributed by atoms with Crippen molar-refractivity contribution in [1.29, 1.82) is 0 Å². The molecule has 9 heteroatoms. The summed E-state index contributed by atoms with van der Waals surface area (Å²) in [4.78, 5) is 1.38. The molecule has 2 rings (SSSR count). The largest absolute Gasteiger partial charge is 0.508 e. The van der Waals surface area contributed by atoms with Gasteiger partial charge in [0.15, 0.2) is 0 Å². The molecule has 1 saturated heterocycles. The lowest BCUT2D eigenvalue weighted by atomic mass is 10.0. The summed E-state index contributed by atoms with van der Waals surface area (Å²) in [7, 11) is 0. The summed E-state index contributed by atoms with van der Waals surface area (Å²) >= 11 is 3.14. The van der Waals surface area contributed by atoms with Gasteiger partial charge in [0.2, 0.25) is 0 Å². The van der Waals surface area contributed by atoms with Crippen molar-refractivity contribution in [2.75, 3.05) is 26.2 Å². The summed E-state index contributed by atoms with van der Waals surface area (Å²) in [6, 6.07) is 2.27. The van der Waals surface area contributed by atoms with Gasteiger partial charge in [-0.05, 0) is 23.8 Å². The zero-order valence-electron chi connectivity index (χ0n) is 10.9. The molecule has 1 aliphatic rings. The molecule has 122 valence electrons. The molecule has 0 spiro atoms. The number of hydrogen-bond donors (Lipinski definition) is 2. The van der Waals surface area contributed by atoms with E-state index in [1.54, 1.807) is 0 Å². The third-order valence-corrected chi connectivity index (χ3v) is 3.82. The minimum atomic E-state index is -4.38. The number of halogens is 6. The maximum absolute atomic E-state index is 13.3. The monoisotopic (exact) mass is 410 g/mol. The fraction of sp³-hybridized carbons (Fsp3) is 0.500. The molecule has 0 amide bonds. The molecular formula is C12H16BrCl2F3N2O. The molecule has 1 aromatic carbocycles. The molecule has 2 N–H and O–H groups in total. The number of benzene rings is 1. The number of alkyl halides is 3. The van der Waals surface area contributed by atoms with Crippen molar-refractivity contribution in [1.82, 2.24) is 10.2 Å². The number of phenols is 1. The fourth-order valence-electron chi connectivity index (χ4n) is 2.26. The highest BCUT2D eigenvalue weighted by Gasteiger charge is 2.45. The lowest BCUT2D eigenvalue weighted by molar-refractivity contribution is -0.188. The Hall–Kier alpha value is -0.210. The SMILES string of the molecule is Cl.Cl.Oc1ccc(Br)c([C@H](N2CCNCC2)C(F)(F)F)c1. The molecule has 0 saturated carbocycles. The van der Waals surface area contributed by atoms with Gasteiger partial charge in [0, 0.05) is 30.7 Å². The first-order valence-corrected chi connectivity index (χ1v) is 6.69. The van der Waals surface area contributed by atoms with Crippen LogP contribution in [0.1, 0.15) is 11.6 Å². The van der Waals surface area contributed by atoms with Crippen LogP contribution in [0.2, 0.25) is 0 Å². The topological polar surface area (TPSA) is 35.5 Å². The van der Waals surface area contributed by atoms with Crippen molar-refractivity contribution >= 4 is 40.7 Å². The first-order valence-electron chi connectivity index (χ1n) is 5.89. The molecule has 1 aromatic rings. The van der Waals surface area contributed by atoms with E-state index < -0.39 is 12.2 Å². The first-order chi connectivity index (χ1) is 8.89. The Morgan fingerprint density at radius 3 is 2.29 bits per heavy atom. The van der Waals surface area contributed by atoms with Gasteiger partial charge < -0.3 is 10.4 Å². The van der Waals surface area contributed by atoms with Crippen LogP contribution in [0.15, 0.2) is 22.7 Å². The second-order valence-corrected chi connectivity index (χ2v) is 5.29. The average Bonchev–Trinajstić information content (AvgIpc) is 2.33. The van der Waals surface area contributed by atoms with Gasteiger partial charge in [-0.2, -0.15) is 13.2 Å². The predicted molar refractivity (Wildman–Crippen MR) is 83.5 cm³/mol. The van der Waals surface area contributed by atoms with E-state index >= 15 is 0 Å². The summed E-state index contributed by atoms with van der Waals surface area (Å²) < 4.78 is 40.4. The van der Waals surface area contributed by atoms with Crippen LogP contribution in [0.3, 0.4) is 0 Å². The molecule has 3 nitrogen and oxygen atoms in total. The molecule has 0 bridgehead atoms. The van der Waals surface area contributed by atoms with Gasteiger partial charge in [0.25, 0.3) is 0 Å². The van der Waals surface area contributed by atoms with Gasteiger partial charge in [-0.25, -0.2) is 0 Å². The van der Waals surface area contributed by atoms with Crippen molar-refractivity contribution < 1.29 is 18.3 Å². The molecular weight excluding hydrogens is 396 g/mol. The van der Waals surface area contributed by atoms with Crippen LogP contribution in [0.25, 0.3) is 0 Å². The van der Waals surface area contributed by atoms with Gasteiger partial charge in [0.05, 0.1) is 0 Å². The van der Waals surface area contributed by atoms with Crippen molar-refractivity contribution in [2.45, 2.75) is 12.2 Å². The molecule has 0 aliphatic carbocycles. The Balaban J connectivity index is 0.00000200. The van der Waals surface area contributed by atoms with Crippen LogP contribution in [-0.2, 0) is 0 Å². The van der Waals surface area contributed by atoms with Crippen molar-refractivity contribution in [3.63, 3.8) is 0 Å². The van der Waals surface area contributed by atoms with Crippen molar-refractivity contribution in [2.24, 2.45) is 0 Å². The molecule has 1 atom stereocenters. The van der Waals surface area contributed by atoms with E-state index in [0.717, 1.165) is 0 Å². The van der Waals surface area contributed by atoms with Crippen molar-refractivity contribution in [3.8, 4) is 5.75 Å². The first kappa shape index (κ1) is 20.8. The van der Waals surface area contributed by atoms with E-state index in [0.29, 0.717) is 30.7 Å². The van der Waals surface area contributed by atoms with E-state index in [9.17, 15) is 18.3 Å². The standard InChI is InChI=1S/C12H14BrF3N2O.2ClH/c13-10-2-1-8(19)7-9(10)11(12(14,15)16)18-5-3-17-4-6-18;;/h1-2,7,11,17,19H,3-6H2;2*1H/t11-;;/m0../s1. The summed E-state index contributed by atoms with van der Waals surface area (Å²) in [6.07, 6.45) is -4.38. The summed E-state index contributed by atoms with van der Waals surface area (Å²) in [6.45, 7) is 1.71. The average molecular weight is 412 g/mol. The molecule has 0 aromatic heterocycles. The Bertz CT molecular complexity index is 457. The molecule has 21 heavy (non-hydrogen) atoms. The van der Waals surface area contributed by atoms with E-state index in [2.05, 4.69) is 21.2 Å². The third kappa shape index (κ3) is 5.17. The van der Waals surface area contributed by atoms with Gasteiger partial charge in [-0.15, -0.1) is 24.8 Å². The fourth-order valence-corrected chi connectivity index (χ4v) is 2.72. The second-order valence-electron chi connectivity index (χ2n) is 4.44. The number of aromatic hydroxyl groups is 1. The van der Waals surface area contributed by atoms with Crippen molar-refractivity contribution in [3.05, 3.63) is 28.2 Å². The van der Waals surface area contributed by atoms with Crippen LogP contribution in [-0.4, -0.2) is 42.4 Å². The summed E-state index contributed by atoms with van der Waals surface area (Å²) in [5.74, 6) is -0.164.